The number of carbonyl (C=O) groups is 2. The highest BCUT2D eigenvalue weighted by atomic mass is 16.6. The molecule has 0 radical (unpaired) electrons. The molecule has 128 valence electrons. The molecular weight excluding hydrogens is 306 g/mol. The van der Waals surface area contributed by atoms with Crippen LogP contribution in [-0.2, 0) is 11.8 Å². The van der Waals surface area contributed by atoms with Crippen LogP contribution in [0.1, 0.15) is 23.0 Å². The van der Waals surface area contributed by atoms with E-state index in [1.165, 1.54) is 5.56 Å². The molecule has 0 N–H and O–H groups in total. The van der Waals surface area contributed by atoms with E-state index in [1.54, 1.807) is 16.7 Å². The van der Waals surface area contributed by atoms with Crippen molar-refractivity contribution < 1.29 is 14.3 Å². The van der Waals surface area contributed by atoms with E-state index < -0.39 is 0 Å². The molecular formula is C18H23N3O3. The normalized spacial score (nSPS) is 15.0. The maximum atomic E-state index is 12.8. The molecule has 1 fully saturated rings. The van der Waals surface area contributed by atoms with E-state index in [0.717, 1.165) is 10.9 Å². The van der Waals surface area contributed by atoms with Crippen molar-refractivity contribution in [3.8, 4) is 0 Å². The van der Waals surface area contributed by atoms with Crippen LogP contribution in [0.15, 0.2) is 24.3 Å². The van der Waals surface area contributed by atoms with Gasteiger partial charge in [0.1, 0.15) is 5.69 Å². The molecule has 0 atom stereocenters. The minimum absolute atomic E-state index is 0.00913. The fourth-order valence-corrected chi connectivity index (χ4v) is 3.11. The van der Waals surface area contributed by atoms with Gasteiger partial charge >= 0.3 is 6.09 Å². The number of aryl methyl sites for hydroxylation is 2. The molecule has 24 heavy (non-hydrogen) atoms. The number of aromatic nitrogens is 1. The number of amides is 2. The summed E-state index contributed by atoms with van der Waals surface area (Å²) in [5.41, 5.74) is 2.91. The van der Waals surface area contributed by atoms with Gasteiger partial charge in [0.2, 0.25) is 0 Å². The highest BCUT2D eigenvalue weighted by Crippen LogP contribution is 2.21. The average molecular weight is 329 g/mol. The van der Waals surface area contributed by atoms with Gasteiger partial charge in [0.05, 0.1) is 6.61 Å². The Morgan fingerprint density at radius 1 is 1.08 bits per heavy atom. The van der Waals surface area contributed by atoms with E-state index in [4.69, 9.17) is 4.74 Å². The van der Waals surface area contributed by atoms with Crippen molar-refractivity contribution >= 4 is 22.9 Å². The zero-order chi connectivity index (χ0) is 17.3. The largest absolute Gasteiger partial charge is 0.450 e. The molecule has 0 saturated carbocycles. The molecule has 1 saturated heterocycles. The van der Waals surface area contributed by atoms with Crippen LogP contribution in [0.2, 0.25) is 0 Å². The zero-order valence-electron chi connectivity index (χ0n) is 14.4. The van der Waals surface area contributed by atoms with Gasteiger partial charge in [0, 0.05) is 44.1 Å². The van der Waals surface area contributed by atoms with Gasteiger partial charge in [-0.05, 0) is 31.5 Å². The first-order chi connectivity index (χ1) is 11.5. The van der Waals surface area contributed by atoms with Crippen LogP contribution >= 0.6 is 0 Å². The molecule has 0 bridgehead atoms. The Bertz CT molecular complexity index is 773. The van der Waals surface area contributed by atoms with Crippen LogP contribution in [0.4, 0.5) is 4.79 Å². The van der Waals surface area contributed by atoms with Gasteiger partial charge in [-0.2, -0.15) is 0 Å². The third-order valence-corrected chi connectivity index (χ3v) is 4.51. The minimum Gasteiger partial charge on any atom is -0.450 e. The standard InChI is InChI=1S/C18H23N3O3/c1-4-24-18(23)21-9-7-20(8-10-21)17(22)16-12-14-6-5-13(2)11-15(14)19(16)3/h5-6,11-12H,4,7-10H2,1-3H3. The summed E-state index contributed by atoms with van der Waals surface area (Å²) in [6, 6.07) is 8.12. The lowest BCUT2D eigenvalue weighted by molar-refractivity contribution is 0.0563. The fourth-order valence-electron chi connectivity index (χ4n) is 3.11. The van der Waals surface area contributed by atoms with Crippen LogP contribution in [0, 0.1) is 6.92 Å². The van der Waals surface area contributed by atoms with Crippen LogP contribution < -0.4 is 0 Å². The topological polar surface area (TPSA) is 54.8 Å². The number of carbonyl (C=O) groups excluding carboxylic acids is 2. The van der Waals surface area contributed by atoms with E-state index >= 15 is 0 Å². The fraction of sp³-hybridized carbons (Fsp3) is 0.444. The number of fused-ring (bicyclic) bond motifs is 1. The Labute approximate surface area is 141 Å². The molecule has 3 rings (SSSR count). The van der Waals surface area contributed by atoms with Gasteiger partial charge in [-0.15, -0.1) is 0 Å². The van der Waals surface area contributed by atoms with Crippen molar-refractivity contribution in [3.05, 3.63) is 35.5 Å². The molecule has 6 heteroatoms. The maximum Gasteiger partial charge on any atom is 0.409 e. The molecule has 0 aliphatic carbocycles. The van der Waals surface area contributed by atoms with E-state index in [0.29, 0.717) is 38.5 Å². The summed E-state index contributed by atoms with van der Waals surface area (Å²) in [5, 5.41) is 1.07. The van der Waals surface area contributed by atoms with Gasteiger partial charge in [-0.1, -0.05) is 12.1 Å². The van der Waals surface area contributed by atoms with E-state index in [2.05, 4.69) is 12.1 Å². The lowest BCUT2D eigenvalue weighted by Gasteiger charge is -2.34. The quantitative estimate of drug-likeness (QED) is 0.850. The van der Waals surface area contributed by atoms with Crippen molar-refractivity contribution in [2.45, 2.75) is 13.8 Å². The number of hydrogen-bond acceptors (Lipinski definition) is 3. The highest BCUT2D eigenvalue weighted by molar-refractivity contribution is 5.99. The van der Waals surface area contributed by atoms with Crippen LogP contribution in [-0.4, -0.2) is 59.2 Å². The highest BCUT2D eigenvalue weighted by Gasteiger charge is 2.27. The van der Waals surface area contributed by atoms with Crippen molar-refractivity contribution in [2.75, 3.05) is 32.8 Å². The van der Waals surface area contributed by atoms with Crippen LogP contribution in [0.5, 0.6) is 0 Å². The first-order valence-electron chi connectivity index (χ1n) is 8.28. The van der Waals surface area contributed by atoms with Gasteiger partial charge < -0.3 is 19.1 Å². The third kappa shape index (κ3) is 2.96. The third-order valence-electron chi connectivity index (χ3n) is 4.51. The molecule has 2 heterocycles. The average Bonchev–Trinajstić information content (AvgIpc) is 2.91. The molecule has 1 aromatic carbocycles. The second kappa shape index (κ2) is 6.55. The van der Waals surface area contributed by atoms with E-state index in [9.17, 15) is 9.59 Å². The minimum atomic E-state index is -0.301. The van der Waals surface area contributed by atoms with Gasteiger partial charge in [-0.3, -0.25) is 4.79 Å². The molecule has 1 aromatic heterocycles. The molecule has 2 aromatic rings. The number of piperazine rings is 1. The van der Waals surface area contributed by atoms with Crippen molar-refractivity contribution in [2.24, 2.45) is 7.05 Å². The molecule has 6 nitrogen and oxygen atoms in total. The Balaban J connectivity index is 1.74. The van der Waals surface area contributed by atoms with Crippen molar-refractivity contribution in [1.29, 1.82) is 0 Å². The number of hydrogen-bond donors (Lipinski definition) is 0. The van der Waals surface area contributed by atoms with Gasteiger partial charge in [0.25, 0.3) is 5.91 Å². The zero-order valence-corrected chi connectivity index (χ0v) is 14.4. The summed E-state index contributed by atoms with van der Waals surface area (Å²) in [7, 11) is 1.92. The summed E-state index contributed by atoms with van der Waals surface area (Å²) in [5.74, 6) is 0.00913. The second-order valence-corrected chi connectivity index (χ2v) is 6.13. The molecule has 0 spiro atoms. The second-order valence-electron chi connectivity index (χ2n) is 6.13. The molecule has 1 aliphatic rings. The van der Waals surface area contributed by atoms with Gasteiger partial charge in [-0.25, -0.2) is 4.79 Å². The summed E-state index contributed by atoms with van der Waals surface area (Å²) < 4.78 is 6.96. The number of nitrogens with zero attached hydrogens (tertiary/aromatic N) is 3. The Morgan fingerprint density at radius 3 is 2.42 bits per heavy atom. The Hall–Kier alpha value is -2.50. The maximum absolute atomic E-state index is 12.8. The molecule has 1 aliphatic heterocycles. The Morgan fingerprint density at radius 2 is 1.75 bits per heavy atom. The summed E-state index contributed by atoms with van der Waals surface area (Å²) in [6.07, 6.45) is -0.301. The van der Waals surface area contributed by atoms with Crippen molar-refractivity contribution in [3.63, 3.8) is 0 Å². The van der Waals surface area contributed by atoms with Crippen LogP contribution in [0.3, 0.4) is 0 Å². The first kappa shape index (κ1) is 16.4. The van der Waals surface area contributed by atoms with Crippen molar-refractivity contribution in [1.82, 2.24) is 14.4 Å². The van der Waals surface area contributed by atoms with E-state index in [-0.39, 0.29) is 12.0 Å². The predicted molar refractivity (Wildman–Crippen MR) is 92.2 cm³/mol. The van der Waals surface area contributed by atoms with Crippen LogP contribution in [0.25, 0.3) is 10.9 Å². The SMILES string of the molecule is CCOC(=O)N1CCN(C(=O)c2cc3ccc(C)cc3n2C)CC1. The predicted octanol–water partition coefficient (Wildman–Crippen LogP) is 2.40. The smallest absolute Gasteiger partial charge is 0.409 e. The Kier molecular flexibility index (Phi) is 4.46. The number of ether oxygens (including phenoxy) is 1. The lowest BCUT2D eigenvalue weighted by atomic mass is 10.2. The number of rotatable bonds is 2. The number of benzene rings is 1. The lowest BCUT2D eigenvalue weighted by Crippen LogP contribution is -2.51. The summed E-state index contributed by atoms with van der Waals surface area (Å²) in [4.78, 5) is 28.0. The van der Waals surface area contributed by atoms with E-state index in [1.807, 2.05) is 30.7 Å². The summed E-state index contributed by atoms with van der Waals surface area (Å²) in [6.45, 7) is 6.27. The monoisotopic (exact) mass is 329 g/mol. The molecule has 2 amide bonds. The first-order valence-corrected chi connectivity index (χ1v) is 8.28. The van der Waals surface area contributed by atoms with Gasteiger partial charge in [0.15, 0.2) is 0 Å². The summed E-state index contributed by atoms with van der Waals surface area (Å²) >= 11 is 0. The molecule has 0 unspecified atom stereocenters.